The Kier molecular flexibility index (Phi) is 46.9. The molecule has 0 spiro atoms. The van der Waals surface area contributed by atoms with Crippen LogP contribution in [0.5, 0.6) is 0 Å². The van der Waals surface area contributed by atoms with Crippen molar-refractivity contribution in [3.8, 4) is 0 Å². The van der Waals surface area contributed by atoms with Gasteiger partial charge in [0.1, 0.15) is 13.2 Å². The van der Waals surface area contributed by atoms with Crippen molar-refractivity contribution < 1.29 is 28.6 Å². The van der Waals surface area contributed by atoms with Crippen molar-refractivity contribution in [2.24, 2.45) is 0 Å². The smallest absolute Gasteiger partial charge is 0.306 e. The van der Waals surface area contributed by atoms with Gasteiger partial charge in [0, 0.05) is 19.3 Å². The molecule has 0 saturated carbocycles. The van der Waals surface area contributed by atoms with Gasteiger partial charge in [0.2, 0.25) is 0 Å². The Morgan fingerprint density at radius 1 is 0.344 bits per heavy atom. The van der Waals surface area contributed by atoms with Gasteiger partial charge >= 0.3 is 17.9 Å². The predicted octanol–water partition coefficient (Wildman–Crippen LogP) is 16.6. The van der Waals surface area contributed by atoms with Crippen LogP contribution < -0.4 is 0 Å². The van der Waals surface area contributed by atoms with E-state index in [2.05, 4.69) is 93.7 Å². The van der Waals surface area contributed by atoms with E-state index in [1.807, 2.05) is 0 Å². The first-order chi connectivity index (χ1) is 30.0. The Morgan fingerprint density at radius 2 is 0.656 bits per heavy atom. The van der Waals surface area contributed by atoms with Crippen LogP contribution in [0.3, 0.4) is 0 Å². The topological polar surface area (TPSA) is 78.9 Å². The van der Waals surface area contributed by atoms with Crippen molar-refractivity contribution in [1.29, 1.82) is 0 Å². The van der Waals surface area contributed by atoms with Crippen LogP contribution >= 0.6 is 0 Å². The molecule has 0 aromatic heterocycles. The van der Waals surface area contributed by atoms with Crippen LogP contribution in [0.25, 0.3) is 0 Å². The molecule has 0 aromatic carbocycles. The third-order valence-electron chi connectivity index (χ3n) is 10.7. The highest BCUT2D eigenvalue weighted by atomic mass is 16.6. The Hall–Kier alpha value is -3.15. The van der Waals surface area contributed by atoms with Gasteiger partial charge in [0.15, 0.2) is 6.10 Å². The quantitative estimate of drug-likeness (QED) is 0.0263. The van der Waals surface area contributed by atoms with Crippen LogP contribution in [-0.2, 0) is 28.6 Å². The van der Waals surface area contributed by atoms with Gasteiger partial charge in [-0.1, -0.05) is 209 Å². The van der Waals surface area contributed by atoms with E-state index in [0.717, 1.165) is 89.9 Å². The van der Waals surface area contributed by atoms with E-state index in [1.165, 1.54) is 103 Å². The summed E-state index contributed by atoms with van der Waals surface area (Å²) < 4.78 is 16.7. The molecule has 0 saturated heterocycles. The van der Waals surface area contributed by atoms with E-state index in [9.17, 15) is 14.4 Å². The maximum absolute atomic E-state index is 12.8. The third-order valence-corrected chi connectivity index (χ3v) is 10.7. The fraction of sp³-hybridized carbons (Fsp3) is 0.727. The summed E-state index contributed by atoms with van der Waals surface area (Å²) in [4.78, 5) is 37.9. The van der Waals surface area contributed by atoms with Crippen LogP contribution in [-0.4, -0.2) is 37.2 Å². The van der Waals surface area contributed by atoms with Crippen molar-refractivity contribution in [2.45, 2.75) is 245 Å². The lowest BCUT2D eigenvalue weighted by Gasteiger charge is -2.18. The molecule has 0 aliphatic carbocycles. The zero-order valence-electron chi connectivity index (χ0n) is 39.9. The molecular weight excluding hydrogens is 757 g/mol. The standard InChI is InChI=1S/C55H94O6/c1-4-7-10-13-16-19-22-25-26-27-28-31-33-36-39-42-45-48-54(57)60-51-52(61-55(58)49-46-43-40-37-34-30-24-21-18-15-12-9-6-3)50-59-53(56)47-44-41-38-35-32-29-23-20-17-14-11-8-5-2/h7,10,16,19,25-26,28,30-31,34,36,39,52H,4-6,8-9,11-15,17-18,20-24,27,29,32-33,35,37-38,40-51H2,1-3H3/b10-7-,19-16-,26-25-,31-28-,34-30-,39-36-. The number of carbonyl (C=O) groups is 3. The summed E-state index contributed by atoms with van der Waals surface area (Å²) in [7, 11) is 0. The SMILES string of the molecule is CC/C=C\C/C=C\C/C=C\C/C=C\C/C=C\CCCC(=O)OCC(COC(=O)CCCCCCCCCCCCCCC)OC(=O)CCCCC/C=C\CCCCCCCC. The van der Waals surface area contributed by atoms with Gasteiger partial charge in [-0.25, -0.2) is 0 Å². The molecule has 0 fully saturated rings. The maximum Gasteiger partial charge on any atom is 0.306 e. The van der Waals surface area contributed by atoms with Crippen molar-refractivity contribution in [3.63, 3.8) is 0 Å². The Morgan fingerprint density at radius 3 is 1.10 bits per heavy atom. The molecular formula is C55H94O6. The zero-order valence-corrected chi connectivity index (χ0v) is 39.9. The van der Waals surface area contributed by atoms with Crippen LogP contribution in [0.4, 0.5) is 0 Å². The van der Waals surface area contributed by atoms with E-state index in [1.54, 1.807) is 0 Å². The molecule has 0 aliphatic rings. The van der Waals surface area contributed by atoms with Gasteiger partial charge in [-0.2, -0.15) is 0 Å². The molecule has 1 unspecified atom stereocenters. The predicted molar refractivity (Wildman–Crippen MR) is 261 cm³/mol. The zero-order chi connectivity index (χ0) is 44.4. The number of hydrogen-bond donors (Lipinski definition) is 0. The van der Waals surface area contributed by atoms with Gasteiger partial charge in [0.05, 0.1) is 0 Å². The molecule has 0 amide bonds. The fourth-order valence-electron chi connectivity index (χ4n) is 6.88. The Labute approximate surface area is 376 Å². The molecule has 6 heteroatoms. The molecule has 0 bridgehead atoms. The molecule has 0 aromatic rings. The normalized spacial score (nSPS) is 12.6. The number of esters is 3. The van der Waals surface area contributed by atoms with Gasteiger partial charge in [0.25, 0.3) is 0 Å². The van der Waals surface area contributed by atoms with Crippen LogP contribution in [0.15, 0.2) is 72.9 Å². The van der Waals surface area contributed by atoms with Crippen LogP contribution in [0.1, 0.15) is 239 Å². The lowest BCUT2D eigenvalue weighted by Crippen LogP contribution is -2.30. The Bertz CT molecular complexity index is 1160. The van der Waals surface area contributed by atoms with E-state index >= 15 is 0 Å². The minimum absolute atomic E-state index is 0.0975. The van der Waals surface area contributed by atoms with Gasteiger partial charge < -0.3 is 14.2 Å². The molecule has 350 valence electrons. The van der Waals surface area contributed by atoms with Gasteiger partial charge in [-0.3, -0.25) is 14.4 Å². The van der Waals surface area contributed by atoms with Crippen molar-refractivity contribution >= 4 is 17.9 Å². The third kappa shape index (κ3) is 47.7. The van der Waals surface area contributed by atoms with Gasteiger partial charge in [-0.15, -0.1) is 0 Å². The second-order valence-corrected chi connectivity index (χ2v) is 16.7. The first-order valence-corrected chi connectivity index (χ1v) is 25.4. The average Bonchev–Trinajstić information content (AvgIpc) is 3.26. The minimum Gasteiger partial charge on any atom is -0.462 e. The molecule has 6 nitrogen and oxygen atoms in total. The highest BCUT2D eigenvalue weighted by Crippen LogP contribution is 2.14. The summed E-state index contributed by atoms with van der Waals surface area (Å²) in [5, 5.41) is 0. The fourth-order valence-corrected chi connectivity index (χ4v) is 6.88. The maximum atomic E-state index is 12.8. The number of unbranched alkanes of at least 4 members (excludes halogenated alkanes) is 22. The first kappa shape index (κ1) is 57.9. The molecule has 0 aliphatic heterocycles. The van der Waals surface area contributed by atoms with Crippen LogP contribution in [0.2, 0.25) is 0 Å². The van der Waals surface area contributed by atoms with Crippen molar-refractivity contribution in [3.05, 3.63) is 72.9 Å². The molecule has 0 rings (SSSR count). The second kappa shape index (κ2) is 49.5. The number of ether oxygens (including phenoxy) is 3. The lowest BCUT2D eigenvalue weighted by molar-refractivity contribution is -0.167. The molecule has 61 heavy (non-hydrogen) atoms. The minimum atomic E-state index is -0.803. The monoisotopic (exact) mass is 851 g/mol. The molecule has 0 N–H and O–H groups in total. The van der Waals surface area contributed by atoms with Crippen molar-refractivity contribution in [2.75, 3.05) is 13.2 Å². The first-order valence-electron chi connectivity index (χ1n) is 25.4. The number of carbonyl (C=O) groups excluding carboxylic acids is 3. The number of allylic oxidation sites excluding steroid dienone is 12. The lowest BCUT2D eigenvalue weighted by atomic mass is 10.0. The summed E-state index contributed by atoms with van der Waals surface area (Å²) in [6.07, 6.45) is 61.7. The van der Waals surface area contributed by atoms with Gasteiger partial charge in [-0.05, 0) is 83.5 Å². The summed E-state index contributed by atoms with van der Waals surface area (Å²) in [5.41, 5.74) is 0. The average molecular weight is 851 g/mol. The van der Waals surface area contributed by atoms with E-state index < -0.39 is 6.10 Å². The number of hydrogen-bond acceptors (Lipinski definition) is 6. The highest BCUT2D eigenvalue weighted by Gasteiger charge is 2.19. The molecule has 1 atom stereocenters. The van der Waals surface area contributed by atoms with Crippen LogP contribution in [0, 0.1) is 0 Å². The highest BCUT2D eigenvalue weighted by molar-refractivity contribution is 5.71. The summed E-state index contributed by atoms with van der Waals surface area (Å²) in [6, 6.07) is 0. The van der Waals surface area contributed by atoms with E-state index in [0.29, 0.717) is 19.3 Å². The molecule has 0 heterocycles. The summed E-state index contributed by atoms with van der Waals surface area (Å²) >= 11 is 0. The van der Waals surface area contributed by atoms with E-state index in [4.69, 9.17) is 14.2 Å². The van der Waals surface area contributed by atoms with Crippen molar-refractivity contribution in [1.82, 2.24) is 0 Å². The van der Waals surface area contributed by atoms with E-state index in [-0.39, 0.29) is 37.5 Å². The molecule has 0 radical (unpaired) electrons. The summed E-state index contributed by atoms with van der Waals surface area (Å²) in [6.45, 7) is 6.45. The second-order valence-electron chi connectivity index (χ2n) is 16.7. The largest absolute Gasteiger partial charge is 0.462 e. The Balaban J connectivity index is 4.48. The number of rotatable bonds is 45. The summed E-state index contributed by atoms with van der Waals surface area (Å²) in [5.74, 6) is -0.973.